The molecule has 2 aromatic carbocycles. The summed E-state index contributed by atoms with van der Waals surface area (Å²) in [6.45, 7) is 8.09. The molecule has 3 aromatic rings. The second-order valence-corrected chi connectivity index (χ2v) is 6.43. The predicted molar refractivity (Wildman–Crippen MR) is 105 cm³/mol. The number of likely N-dealkylation sites (N-methyl/N-ethyl adjacent to an activating group) is 1. The second-order valence-electron chi connectivity index (χ2n) is 6.43. The smallest absolute Gasteiger partial charge is 0.196 e. The van der Waals surface area contributed by atoms with Gasteiger partial charge in [0.1, 0.15) is 6.33 Å². The van der Waals surface area contributed by atoms with Crippen LogP contribution in [0.1, 0.15) is 29.8 Å². The standard InChI is InChI=1S/C21H22N4O/c1-3-25(4-2)12-11-22-17-10-9-16-18-19(17)21(26)15-8-6-5-7-14(15)20(18)24-13-23-16/h5-10,13,22H,3-4,11-12H2,1-2H3. The van der Waals surface area contributed by atoms with Crippen LogP contribution in [0.25, 0.3) is 22.2 Å². The lowest BCUT2D eigenvalue weighted by Crippen LogP contribution is -2.29. The fourth-order valence-electron chi connectivity index (χ4n) is 3.65. The second kappa shape index (κ2) is 6.84. The molecule has 5 heteroatoms. The molecule has 0 aliphatic heterocycles. The van der Waals surface area contributed by atoms with Crippen molar-refractivity contribution in [2.75, 3.05) is 31.5 Å². The number of carbonyl (C=O) groups is 1. The van der Waals surface area contributed by atoms with Crippen LogP contribution >= 0.6 is 0 Å². The Balaban J connectivity index is 1.79. The van der Waals surface area contributed by atoms with Crippen LogP contribution in [0.2, 0.25) is 0 Å². The third-order valence-electron chi connectivity index (χ3n) is 5.10. The van der Waals surface area contributed by atoms with Crippen LogP contribution in [0.3, 0.4) is 0 Å². The average molecular weight is 346 g/mol. The first-order valence-corrected chi connectivity index (χ1v) is 9.12. The molecule has 4 rings (SSSR count). The quantitative estimate of drug-likeness (QED) is 0.578. The molecule has 1 aliphatic carbocycles. The molecule has 132 valence electrons. The Kier molecular flexibility index (Phi) is 4.39. The number of hydrogen-bond acceptors (Lipinski definition) is 5. The zero-order chi connectivity index (χ0) is 18.1. The first-order valence-electron chi connectivity index (χ1n) is 9.12. The van der Waals surface area contributed by atoms with Gasteiger partial charge in [0, 0.05) is 35.3 Å². The summed E-state index contributed by atoms with van der Waals surface area (Å²) >= 11 is 0. The van der Waals surface area contributed by atoms with Gasteiger partial charge in [-0.1, -0.05) is 38.1 Å². The van der Waals surface area contributed by atoms with Crippen molar-refractivity contribution >= 4 is 22.4 Å². The molecule has 0 saturated heterocycles. The van der Waals surface area contributed by atoms with Gasteiger partial charge in [-0.05, 0) is 25.2 Å². The summed E-state index contributed by atoms with van der Waals surface area (Å²) in [7, 11) is 0. The van der Waals surface area contributed by atoms with Gasteiger partial charge in [-0.3, -0.25) is 4.79 Å². The van der Waals surface area contributed by atoms with E-state index in [1.807, 2.05) is 36.4 Å². The number of carbonyl (C=O) groups excluding carboxylic acids is 1. The van der Waals surface area contributed by atoms with E-state index >= 15 is 0 Å². The lowest BCUT2D eigenvalue weighted by Gasteiger charge is -2.22. The number of fused-ring (bicyclic) bond motifs is 2. The van der Waals surface area contributed by atoms with Crippen LogP contribution in [0.5, 0.6) is 0 Å². The molecule has 1 aromatic heterocycles. The number of benzene rings is 2. The van der Waals surface area contributed by atoms with Gasteiger partial charge in [0.2, 0.25) is 0 Å². The Hall–Kier alpha value is -2.79. The Morgan fingerprint density at radius 2 is 1.77 bits per heavy atom. The lowest BCUT2D eigenvalue weighted by atomic mass is 9.86. The SMILES string of the molecule is CCN(CC)CCNc1ccc2ncnc3c2c1C(=O)c1ccccc1-3. The topological polar surface area (TPSA) is 58.1 Å². The molecular formula is C21H22N4O. The van der Waals surface area contributed by atoms with E-state index in [0.717, 1.165) is 54.0 Å². The molecule has 5 nitrogen and oxygen atoms in total. The first-order chi connectivity index (χ1) is 12.7. The Morgan fingerprint density at radius 1 is 1.00 bits per heavy atom. The van der Waals surface area contributed by atoms with Gasteiger partial charge >= 0.3 is 0 Å². The predicted octanol–water partition coefficient (Wildman–Crippen LogP) is 3.59. The summed E-state index contributed by atoms with van der Waals surface area (Å²) in [4.78, 5) is 24.4. The van der Waals surface area contributed by atoms with Crippen LogP contribution in [0.4, 0.5) is 5.69 Å². The van der Waals surface area contributed by atoms with Crippen molar-refractivity contribution in [3.05, 3.63) is 53.9 Å². The molecule has 0 amide bonds. The van der Waals surface area contributed by atoms with Crippen molar-refractivity contribution in [3.63, 3.8) is 0 Å². The van der Waals surface area contributed by atoms with E-state index in [1.54, 1.807) is 6.33 Å². The van der Waals surface area contributed by atoms with Gasteiger partial charge in [0.15, 0.2) is 5.78 Å². The summed E-state index contributed by atoms with van der Waals surface area (Å²) in [5.74, 6) is 0.0406. The minimum absolute atomic E-state index is 0.0406. The number of rotatable bonds is 6. The Labute approximate surface area is 153 Å². The molecule has 1 N–H and O–H groups in total. The van der Waals surface area contributed by atoms with E-state index in [0.29, 0.717) is 11.1 Å². The van der Waals surface area contributed by atoms with Crippen molar-refractivity contribution in [1.82, 2.24) is 14.9 Å². The van der Waals surface area contributed by atoms with E-state index in [9.17, 15) is 4.79 Å². The van der Waals surface area contributed by atoms with E-state index in [4.69, 9.17) is 0 Å². The molecule has 0 saturated carbocycles. The van der Waals surface area contributed by atoms with Crippen LogP contribution in [-0.2, 0) is 0 Å². The van der Waals surface area contributed by atoms with Crippen LogP contribution < -0.4 is 5.32 Å². The summed E-state index contributed by atoms with van der Waals surface area (Å²) in [6, 6.07) is 11.6. The first kappa shape index (κ1) is 16.7. The maximum Gasteiger partial charge on any atom is 0.196 e. The zero-order valence-corrected chi connectivity index (χ0v) is 15.1. The highest BCUT2D eigenvalue weighted by Gasteiger charge is 2.28. The van der Waals surface area contributed by atoms with Crippen molar-refractivity contribution in [1.29, 1.82) is 0 Å². The highest BCUT2D eigenvalue weighted by molar-refractivity contribution is 6.27. The molecule has 0 unspecified atom stereocenters. The fourth-order valence-corrected chi connectivity index (χ4v) is 3.65. The van der Waals surface area contributed by atoms with Gasteiger partial charge in [0.05, 0.1) is 16.8 Å². The maximum atomic E-state index is 13.2. The molecule has 26 heavy (non-hydrogen) atoms. The number of hydrogen-bond donors (Lipinski definition) is 1. The molecule has 0 bridgehead atoms. The third kappa shape index (κ3) is 2.65. The third-order valence-corrected chi connectivity index (χ3v) is 5.10. The normalized spacial score (nSPS) is 12.5. The minimum Gasteiger partial charge on any atom is -0.383 e. The summed E-state index contributed by atoms with van der Waals surface area (Å²) in [6.07, 6.45) is 1.57. The monoisotopic (exact) mass is 346 g/mol. The largest absolute Gasteiger partial charge is 0.383 e. The Bertz CT molecular complexity index is 979. The number of anilines is 1. The maximum absolute atomic E-state index is 13.2. The average Bonchev–Trinajstić information content (AvgIpc) is 2.69. The molecule has 1 aliphatic rings. The summed E-state index contributed by atoms with van der Waals surface area (Å²) < 4.78 is 0. The highest BCUT2D eigenvalue weighted by Crippen LogP contribution is 2.40. The van der Waals surface area contributed by atoms with Crippen molar-refractivity contribution in [2.45, 2.75) is 13.8 Å². The van der Waals surface area contributed by atoms with E-state index in [-0.39, 0.29) is 5.78 Å². The van der Waals surface area contributed by atoms with Gasteiger partial charge < -0.3 is 10.2 Å². The van der Waals surface area contributed by atoms with E-state index < -0.39 is 0 Å². The summed E-state index contributed by atoms with van der Waals surface area (Å²) in [5.41, 5.74) is 4.79. The van der Waals surface area contributed by atoms with Crippen LogP contribution in [-0.4, -0.2) is 46.8 Å². The minimum atomic E-state index is 0.0406. The molecule has 0 spiro atoms. The fraction of sp³-hybridized carbons (Fsp3) is 0.286. The molecule has 1 heterocycles. The van der Waals surface area contributed by atoms with Crippen LogP contribution in [0.15, 0.2) is 42.7 Å². The molecule has 0 radical (unpaired) electrons. The molecule has 0 fully saturated rings. The lowest BCUT2D eigenvalue weighted by molar-refractivity contribution is 0.104. The van der Waals surface area contributed by atoms with Crippen molar-refractivity contribution < 1.29 is 4.79 Å². The number of aromatic nitrogens is 2. The van der Waals surface area contributed by atoms with Gasteiger partial charge in [-0.2, -0.15) is 0 Å². The summed E-state index contributed by atoms with van der Waals surface area (Å²) in [5, 5.41) is 4.31. The number of nitrogens with one attached hydrogen (secondary N) is 1. The van der Waals surface area contributed by atoms with E-state index in [1.165, 1.54) is 0 Å². The van der Waals surface area contributed by atoms with Gasteiger partial charge in [0.25, 0.3) is 0 Å². The van der Waals surface area contributed by atoms with Gasteiger partial charge in [-0.25, -0.2) is 9.97 Å². The van der Waals surface area contributed by atoms with Gasteiger partial charge in [-0.15, -0.1) is 0 Å². The zero-order valence-electron chi connectivity index (χ0n) is 15.1. The highest BCUT2D eigenvalue weighted by atomic mass is 16.1. The molecule has 0 atom stereocenters. The number of ketones is 1. The molecular weight excluding hydrogens is 324 g/mol. The number of nitrogens with zero attached hydrogens (tertiary/aromatic N) is 3. The van der Waals surface area contributed by atoms with Crippen molar-refractivity contribution in [2.24, 2.45) is 0 Å². The van der Waals surface area contributed by atoms with Crippen molar-refractivity contribution in [3.8, 4) is 11.3 Å². The Morgan fingerprint density at radius 3 is 2.54 bits per heavy atom. The van der Waals surface area contributed by atoms with Crippen LogP contribution in [0, 0.1) is 0 Å². The van der Waals surface area contributed by atoms with E-state index in [2.05, 4.69) is 34.0 Å².